The van der Waals surface area contributed by atoms with Crippen molar-refractivity contribution in [3.63, 3.8) is 0 Å². The summed E-state index contributed by atoms with van der Waals surface area (Å²) >= 11 is 0. The molecule has 13 heteroatoms. The smallest absolute Gasteiger partial charge is 0.306 e. The molecule has 2 aliphatic rings. The largest absolute Gasteiger partial charge is 0.535 e. The molecule has 10 nitrogen and oxygen atoms in total. The Labute approximate surface area is 299 Å². The second-order valence-corrected chi connectivity index (χ2v) is 15.3. The number of carbonyl (C=O) groups excluding carboxylic acids is 1. The first-order valence-corrected chi connectivity index (χ1v) is 20.1. The van der Waals surface area contributed by atoms with E-state index in [0.717, 1.165) is 33.4 Å². The van der Waals surface area contributed by atoms with Gasteiger partial charge in [-0.2, -0.15) is 14.7 Å². The fourth-order valence-corrected chi connectivity index (χ4v) is 8.02. The Hall–Kier alpha value is -4.33. The Morgan fingerprint density at radius 2 is 1.22 bits per heavy atom. The summed E-state index contributed by atoms with van der Waals surface area (Å²) in [6.07, 6.45) is 0.890. The quantitative estimate of drug-likeness (QED) is 0.0897. The number of fused-ring (bicyclic) bond motifs is 2. The number of benzene rings is 5. The van der Waals surface area contributed by atoms with Gasteiger partial charge in [0.15, 0.2) is 0 Å². The van der Waals surface area contributed by atoms with Gasteiger partial charge in [0.05, 0.1) is 12.5 Å². The van der Waals surface area contributed by atoms with Crippen LogP contribution < -0.4 is 16.0 Å². The van der Waals surface area contributed by atoms with E-state index in [1.807, 2.05) is 115 Å². The van der Waals surface area contributed by atoms with Gasteiger partial charge in [-0.3, -0.25) is 15.4 Å². The summed E-state index contributed by atoms with van der Waals surface area (Å²) in [6.45, 7) is 0.571. The van der Waals surface area contributed by atoms with Gasteiger partial charge in [0, 0.05) is 24.1 Å². The third kappa shape index (κ3) is 10.6. The fourth-order valence-electron chi connectivity index (χ4n) is 5.97. The Morgan fingerprint density at radius 3 is 1.82 bits per heavy atom. The van der Waals surface area contributed by atoms with Crippen molar-refractivity contribution in [1.29, 1.82) is 0 Å². The van der Waals surface area contributed by atoms with Gasteiger partial charge in [-0.15, -0.1) is 0 Å². The minimum absolute atomic E-state index is 0.0118. The number of carbonyl (C=O) groups is 1. The van der Waals surface area contributed by atoms with Gasteiger partial charge < -0.3 is 5.32 Å². The normalized spacial score (nSPS) is 18.8. The van der Waals surface area contributed by atoms with Crippen LogP contribution in [-0.4, -0.2) is 26.4 Å². The molecule has 7 atom stereocenters. The molecule has 260 valence electrons. The van der Waals surface area contributed by atoms with Crippen molar-refractivity contribution in [2.24, 2.45) is 0 Å². The molecule has 2 aliphatic heterocycles. The van der Waals surface area contributed by atoms with E-state index in [-0.39, 0.29) is 24.2 Å². The lowest BCUT2D eigenvalue weighted by molar-refractivity contribution is -0.121. The van der Waals surface area contributed by atoms with E-state index in [1.165, 1.54) is 5.56 Å². The SMILES string of the molecule is O=C1Cc2ccccc2C([P+](=O)O)N1.O=[P+](O)C(NCc1ccccc1)c1ccccc1.O=[P+](O)C1Cc2ccccc2C(c2ccccc2)N1. The van der Waals surface area contributed by atoms with E-state index >= 15 is 0 Å². The lowest BCUT2D eigenvalue weighted by Crippen LogP contribution is -2.37. The van der Waals surface area contributed by atoms with Crippen LogP contribution in [0, 0.1) is 0 Å². The van der Waals surface area contributed by atoms with Crippen LogP contribution in [0.5, 0.6) is 0 Å². The molecule has 0 fully saturated rings. The summed E-state index contributed by atoms with van der Waals surface area (Å²) in [7, 11) is -6.93. The van der Waals surface area contributed by atoms with Gasteiger partial charge in [0.2, 0.25) is 11.7 Å². The molecular weight excluding hydrogens is 703 g/mol. The van der Waals surface area contributed by atoms with E-state index in [0.29, 0.717) is 13.0 Å². The summed E-state index contributed by atoms with van der Waals surface area (Å²) in [6, 6.07) is 44.5. The maximum absolute atomic E-state index is 11.4. The summed E-state index contributed by atoms with van der Waals surface area (Å²) < 4.78 is 33.8. The van der Waals surface area contributed by atoms with Crippen molar-refractivity contribution in [1.82, 2.24) is 16.0 Å². The van der Waals surface area contributed by atoms with E-state index in [9.17, 15) is 28.3 Å². The molecule has 0 saturated carbocycles. The van der Waals surface area contributed by atoms with Crippen LogP contribution in [0.2, 0.25) is 0 Å². The first kappa shape index (κ1) is 37.9. The zero-order valence-corrected chi connectivity index (χ0v) is 30.2. The lowest BCUT2D eigenvalue weighted by Gasteiger charge is -2.28. The van der Waals surface area contributed by atoms with Crippen molar-refractivity contribution in [2.45, 2.75) is 42.8 Å². The molecule has 7 rings (SSSR count). The second-order valence-electron chi connectivity index (χ2n) is 11.9. The molecule has 7 unspecified atom stereocenters. The number of amides is 1. The van der Waals surface area contributed by atoms with Crippen molar-refractivity contribution < 1.29 is 33.2 Å². The van der Waals surface area contributed by atoms with Crippen LogP contribution in [0.1, 0.15) is 56.6 Å². The third-order valence-corrected chi connectivity index (χ3v) is 11.1. The minimum atomic E-state index is -2.41. The average molecular weight is 743 g/mol. The number of hydrogen-bond acceptors (Lipinski definition) is 6. The number of rotatable bonds is 8. The maximum Gasteiger partial charge on any atom is 0.535 e. The molecule has 0 spiro atoms. The number of nitrogens with one attached hydrogen (secondary N) is 3. The van der Waals surface area contributed by atoms with E-state index in [4.69, 9.17) is 4.89 Å². The van der Waals surface area contributed by atoms with Crippen molar-refractivity contribution in [2.75, 3.05) is 0 Å². The van der Waals surface area contributed by atoms with Crippen molar-refractivity contribution >= 4 is 30.0 Å². The third-order valence-electron chi connectivity index (χ3n) is 8.44. The molecule has 6 N–H and O–H groups in total. The molecule has 2 heterocycles. The second kappa shape index (κ2) is 18.8. The van der Waals surface area contributed by atoms with Gasteiger partial charge in [0.1, 0.15) is 0 Å². The molecule has 0 aromatic heterocycles. The minimum Gasteiger partial charge on any atom is -0.306 e. The molecule has 5 aromatic carbocycles. The molecule has 0 bridgehead atoms. The first-order valence-electron chi connectivity index (χ1n) is 16.2. The van der Waals surface area contributed by atoms with E-state index < -0.39 is 35.6 Å². The summed E-state index contributed by atoms with van der Waals surface area (Å²) in [5, 5.41) is 8.91. The molecule has 0 aliphatic carbocycles. The van der Waals surface area contributed by atoms with Crippen LogP contribution in [0.15, 0.2) is 140 Å². The van der Waals surface area contributed by atoms with Gasteiger partial charge in [-0.25, -0.2) is 0 Å². The predicted molar refractivity (Wildman–Crippen MR) is 198 cm³/mol. The molecular formula is C38H39N3O7P3+3. The van der Waals surface area contributed by atoms with Gasteiger partial charge >= 0.3 is 24.1 Å². The van der Waals surface area contributed by atoms with E-state index in [2.05, 4.69) is 22.0 Å². The molecule has 0 saturated heterocycles. The Bertz CT molecular complexity index is 1950. The van der Waals surface area contributed by atoms with Gasteiger partial charge in [-0.05, 0) is 41.5 Å². The maximum atomic E-state index is 11.4. The van der Waals surface area contributed by atoms with Gasteiger partial charge in [-0.1, -0.05) is 140 Å². The zero-order valence-electron chi connectivity index (χ0n) is 27.5. The van der Waals surface area contributed by atoms with Crippen LogP contribution >= 0.6 is 24.1 Å². The monoisotopic (exact) mass is 742 g/mol. The van der Waals surface area contributed by atoms with Crippen molar-refractivity contribution in [3.05, 3.63) is 178 Å². The van der Waals surface area contributed by atoms with Crippen molar-refractivity contribution in [3.8, 4) is 0 Å². The van der Waals surface area contributed by atoms with Crippen LogP contribution in [0.4, 0.5) is 0 Å². The fraction of sp³-hybridized carbons (Fsp3) is 0.184. The highest BCUT2D eigenvalue weighted by atomic mass is 31.1. The van der Waals surface area contributed by atoms with Gasteiger partial charge in [0.25, 0.3) is 11.6 Å². The Kier molecular flexibility index (Phi) is 14.0. The standard InChI is InChI=1S/C15H14NO2P.C14H14NO2P.C9H8NO3P/c17-19(18)14-10-12-8-4-5-9-13(12)15(16-14)11-6-2-1-3-7-11;16-18(17)14(13-9-5-2-6-10-13)15-11-12-7-3-1-4-8-12;11-8-5-6-3-1-2-4-7(6)9(10-8)14(12)13/h1-9,14-16H,10H2;1-10,14-15H,11H2;1-4,9H,5H2,(H-,10,11,12,13)/p+3. The first-order chi connectivity index (χ1) is 24.7. The Morgan fingerprint density at radius 1 is 0.667 bits per heavy atom. The Balaban J connectivity index is 0.000000150. The van der Waals surface area contributed by atoms with Crippen LogP contribution in [0.3, 0.4) is 0 Å². The highest BCUT2D eigenvalue weighted by Crippen LogP contribution is 2.39. The molecule has 1 amide bonds. The molecule has 0 radical (unpaired) electrons. The van der Waals surface area contributed by atoms with Crippen LogP contribution in [0.25, 0.3) is 0 Å². The predicted octanol–water partition coefficient (Wildman–Crippen LogP) is 7.28. The topological polar surface area (TPSA) is 165 Å². The van der Waals surface area contributed by atoms with Crippen LogP contribution in [-0.2, 0) is 37.9 Å². The molecule has 51 heavy (non-hydrogen) atoms. The number of hydrogen-bond donors (Lipinski definition) is 6. The summed E-state index contributed by atoms with van der Waals surface area (Å²) in [4.78, 5) is 39.0. The highest BCUT2D eigenvalue weighted by Gasteiger charge is 2.39. The molecule has 5 aromatic rings. The highest BCUT2D eigenvalue weighted by molar-refractivity contribution is 7.39. The lowest BCUT2D eigenvalue weighted by atomic mass is 9.90. The average Bonchev–Trinajstić information content (AvgIpc) is 3.15. The zero-order chi connectivity index (χ0) is 36.2. The summed E-state index contributed by atoms with van der Waals surface area (Å²) in [5.41, 5.74) is 6.97. The van der Waals surface area contributed by atoms with E-state index in [1.54, 1.807) is 18.2 Å². The summed E-state index contributed by atoms with van der Waals surface area (Å²) in [5.74, 6) is -1.86.